The Balaban J connectivity index is 1.54. The fraction of sp³-hybridized carbons (Fsp3) is 0.657. The van der Waals surface area contributed by atoms with E-state index in [1.54, 1.807) is 13.3 Å². The highest BCUT2D eigenvalue weighted by atomic mass is 31.2. The molecule has 5 rings (SSSR count). The van der Waals surface area contributed by atoms with Gasteiger partial charge in [-0.15, -0.1) is 0 Å². The third-order valence-electron chi connectivity index (χ3n) is 10.5. The minimum atomic E-state index is -4.59. The number of nitrogens with zero attached hydrogens (tertiary/aromatic N) is 2. The number of hydrogen-bond acceptors (Lipinski definition) is 8. The maximum atomic E-state index is 14.4. The number of methoxy groups -OCH3 is 1. The van der Waals surface area contributed by atoms with E-state index in [1.807, 2.05) is 52.8 Å². The molecule has 2 N–H and O–H groups in total. The van der Waals surface area contributed by atoms with Gasteiger partial charge in [0.2, 0.25) is 11.8 Å². The zero-order valence-corrected chi connectivity index (χ0v) is 29.3. The molecule has 1 saturated carbocycles. The van der Waals surface area contributed by atoms with Crippen LogP contribution in [0.5, 0.6) is 11.6 Å². The number of pyridine rings is 1. The molecule has 2 aliphatic heterocycles. The van der Waals surface area contributed by atoms with Gasteiger partial charge in [-0.2, -0.15) is 0 Å². The number of aromatic nitrogens is 1. The van der Waals surface area contributed by atoms with Gasteiger partial charge in [0, 0.05) is 24.4 Å². The Morgan fingerprint density at radius 1 is 1.23 bits per heavy atom. The van der Waals surface area contributed by atoms with Crippen LogP contribution in [0.1, 0.15) is 85.1 Å². The molecule has 12 heteroatoms. The average Bonchev–Trinajstić information content (AvgIpc) is 3.57. The summed E-state index contributed by atoms with van der Waals surface area (Å²) in [6.45, 7) is 9.81. The Hall–Kier alpha value is -3.01. The number of Topliss-reactive ketones (excluding diaryl/α,β-unsaturated/α-hetero) is 1. The zero-order valence-electron chi connectivity index (χ0n) is 28.4. The van der Waals surface area contributed by atoms with Crippen molar-refractivity contribution in [2.75, 3.05) is 20.3 Å². The first-order valence-corrected chi connectivity index (χ1v) is 18.4. The summed E-state index contributed by atoms with van der Waals surface area (Å²) in [5.41, 5.74) is 0.351. The van der Waals surface area contributed by atoms with E-state index in [0.717, 1.165) is 41.3 Å². The number of hydrogen-bond donors (Lipinski definition) is 2. The van der Waals surface area contributed by atoms with Crippen molar-refractivity contribution >= 4 is 36.0 Å². The van der Waals surface area contributed by atoms with Crippen molar-refractivity contribution in [2.45, 2.75) is 103 Å². The minimum absolute atomic E-state index is 0.0646. The lowest BCUT2D eigenvalue weighted by atomic mass is 9.77. The molecule has 2 unspecified atom stereocenters. The first kappa shape index (κ1) is 35.3. The highest BCUT2D eigenvalue weighted by Gasteiger charge is 2.66. The Morgan fingerprint density at radius 2 is 1.98 bits per heavy atom. The third-order valence-corrected chi connectivity index (χ3v) is 12.3. The third kappa shape index (κ3) is 7.37. The number of cyclic esters (lactones) is 1. The summed E-state index contributed by atoms with van der Waals surface area (Å²) in [4.78, 5) is 68.2. The molecule has 1 aromatic carbocycles. The summed E-state index contributed by atoms with van der Waals surface area (Å²) in [5.74, 6) is -1.08. The maximum Gasteiger partial charge on any atom is 0.332 e. The van der Waals surface area contributed by atoms with Crippen LogP contribution in [0, 0.1) is 23.2 Å². The van der Waals surface area contributed by atoms with E-state index in [1.165, 1.54) is 4.90 Å². The maximum absolute atomic E-state index is 14.4. The molecule has 1 aromatic heterocycles. The van der Waals surface area contributed by atoms with Gasteiger partial charge >= 0.3 is 13.6 Å². The lowest BCUT2D eigenvalue weighted by molar-refractivity contribution is -0.153. The number of fused-ring (bicyclic) bond motifs is 3. The number of amides is 1. The molecule has 3 aliphatic rings. The van der Waals surface area contributed by atoms with Gasteiger partial charge in [0.25, 0.3) is 0 Å². The quantitative estimate of drug-likeness (QED) is 0.299. The molecule has 0 spiro atoms. The number of rotatable bonds is 6. The van der Waals surface area contributed by atoms with E-state index in [2.05, 4.69) is 4.98 Å². The summed E-state index contributed by atoms with van der Waals surface area (Å²) in [6.07, 6.45) is 3.91. The average molecular weight is 673 g/mol. The number of carbonyl (C=O) groups is 3. The van der Waals surface area contributed by atoms with Crippen LogP contribution >= 0.6 is 7.60 Å². The van der Waals surface area contributed by atoms with Gasteiger partial charge in [-0.3, -0.25) is 18.9 Å². The molecule has 1 amide bonds. The molecular formula is C35H49N2O9P. The molecule has 47 heavy (non-hydrogen) atoms. The van der Waals surface area contributed by atoms with E-state index in [9.17, 15) is 28.7 Å². The van der Waals surface area contributed by atoms with Crippen molar-refractivity contribution in [1.29, 1.82) is 0 Å². The van der Waals surface area contributed by atoms with Crippen molar-refractivity contribution in [3.8, 4) is 11.6 Å². The molecule has 11 nitrogen and oxygen atoms in total. The number of esters is 1. The predicted molar refractivity (Wildman–Crippen MR) is 176 cm³/mol. The van der Waals surface area contributed by atoms with Crippen LogP contribution in [0.2, 0.25) is 0 Å². The van der Waals surface area contributed by atoms with Crippen LogP contribution < -0.4 is 9.47 Å². The largest absolute Gasteiger partial charge is 0.496 e. The smallest absolute Gasteiger partial charge is 0.332 e. The first-order chi connectivity index (χ1) is 22.1. The highest BCUT2D eigenvalue weighted by Crippen LogP contribution is 2.71. The molecule has 258 valence electrons. The Morgan fingerprint density at radius 3 is 2.62 bits per heavy atom. The number of ketones is 1. The van der Waals surface area contributed by atoms with E-state index < -0.39 is 48.0 Å². The number of aryl methyl sites for hydroxylation is 1. The summed E-state index contributed by atoms with van der Waals surface area (Å²) in [5, 5.41) is 0.255. The van der Waals surface area contributed by atoms with Crippen LogP contribution in [-0.2, 0) is 30.1 Å². The van der Waals surface area contributed by atoms with Gasteiger partial charge in [0.1, 0.15) is 11.9 Å². The highest BCUT2D eigenvalue weighted by molar-refractivity contribution is 7.54. The number of ether oxygens (including phenoxy) is 3. The second kappa shape index (κ2) is 13.5. The van der Waals surface area contributed by atoms with E-state index >= 15 is 0 Å². The van der Waals surface area contributed by atoms with Crippen LogP contribution in [0.3, 0.4) is 0 Å². The van der Waals surface area contributed by atoms with Crippen molar-refractivity contribution in [3.63, 3.8) is 0 Å². The summed E-state index contributed by atoms with van der Waals surface area (Å²) in [6, 6.07) is 4.88. The first-order valence-electron chi connectivity index (χ1n) is 16.7. The second-order valence-electron chi connectivity index (χ2n) is 14.9. The lowest BCUT2D eigenvalue weighted by Gasteiger charge is -2.35. The molecule has 2 fully saturated rings. The molecule has 0 radical (unpaired) electrons. The Labute approximate surface area is 276 Å². The molecule has 2 aromatic rings. The molecule has 3 heterocycles. The van der Waals surface area contributed by atoms with Crippen LogP contribution in [0.15, 0.2) is 24.4 Å². The van der Waals surface area contributed by atoms with Gasteiger partial charge in [-0.05, 0) is 72.1 Å². The van der Waals surface area contributed by atoms with Crippen LogP contribution in [0.4, 0.5) is 0 Å². The normalized spacial score (nSPS) is 29.2. The molecular weight excluding hydrogens is 623 g/mol. The van der Waals surface area contributed by atoms with Crippen molar-refractivity contribution in [3.05, 3.63) is 30.0 Å². The zero-order chi connectivity index (χ0) is 34.3. The summed E-state index contributed by atoms with van der Waals surface area (Å²) in [7, 11) is -2.96. The van der Waals surface area contributed by atoms with Gasteiger partial charge in [-0.25, -0.2) is 4.98 Å². The van der Waals surface area contributed by atoms with E-state index in [0.29, 0.717) is 12.3 Å². The standard InChI is InChI=1S/C35H49N2O9P/c1-7-24-17-35(24,47(41,42)43)18-29(38)28-15-25-19-37(28)33(40)27(34(3,4)5)16-31(39)45-20-21(2)9-8-10-23-13-26-22(14-30(23)44-6)11-12-36-32(26)46-25/h11-14,21,24-25,27-28H,7-10,15-20H2,1-6H3,(H2,41,42,43)/t21-,24?,25+,27+,28-,35?/m0/s1. The van der Waals surface area contributed by atoms with E-state index in [-0.39, 0.29) is 56.6 Å². The summed E-state index contributed by atoms with van der Waals surface area (Å²) >= 11 is 0. The van der Waals surface area contributed by atoms with Gasteiger partial charge < -0.3 is 28.9 Å². The topological polar surface area (TPSA) is 153 Å². The molecule has 1 aliphatic carbocycles. The van der Waals surface area contributed by atoms with Gasteiger partial charge in [-0.1, -0.05) is 41.0 Å². The Bertz CT molecular complexity index is 1570. The van der Waals surface area contributed by atoms with Gasteiger partial charge in [0.05, 0.1) is 43.8 Å². The number of carbonyl (C=O) groups excluding carboxylic acids is 3. The SMILES string of the molecule is CCC1CC1(CC(=O)[C@@H]1C[C@@H]2CN1C(=O)[C@H](C(C)(C)C)CC(=O)OC[C@@H](C)CCCc1cc3c(nccc3cc1OC)O2)P(=O)(O)O. The monoisotopic (exact) mass is 672 g/mol. The second-order valence-corrected chi connectivity index (χ2v) is 16.9. The molecule has 4 bridgehead atoms. The van der Waals surface area contributed by atoms with Crippen LogP contribution in [-0.4, -0.2) is 74.9 Å². The van der Waals surface area contributed by atoms with Gasteiger partial charge in [0.15, 0.2) is 5.78 Å². The lowest BCUT2D eigenvalue weighted by Crippen LogP contribution is -2.48. The minimum Gasteiger partial charge on any atom is -0.496 e. The Kier molecular flexibility index (Phi) is 10.1. The fourth-order valence-corrected chi connectivity index (χ4v) is 8.90. The fourth-order valence-electron chi connectivity index (χ4n) is 7.42. The predicted octanol–water partition coefficient (Wildman–Crippen LogP) is 5.47. The van der Waals surface area contributed by atoms with Crippen molar-refractivity contribution in [2.24, 2.45) is 23.2 Å². The van der Waals surface area contributed by atoms with Crippen LogP contribution in [0.25, 0.3) is 10.8 Å². The molecule has 6 atom stereocenters. The molecule has 1 saturated heterocycles. The van der Waals surface area contributed by atoms with Crippen molar-refractivity contribution in [1.82, 2.24) is 9.88 Å². The summed E-state index contributed by atoms with van der Waals surface area (Å²) < 4.78 is 30.5. The van der Waals surface area contributed by atoms with E-state index in [4.69, 9.17) is 14.2 Å². The number of benzene rings is 1. The van der Waals surface area contributed by atoms with Crippen molar-refractivity contribution < 1.29 is 42.9 Å².